The summed E-state index contributed by atoms with van der Waals surface area (Å²) in [5.74, 6) is 0.994. The highest BCUT2D eigenvalue weighted by molar-refractivity contribution is 5.82. The molecule has 1 aromatic heterocycles. The van der Waals surface area contributed by atoms with Crippen molar-refractivity contribution in [3.63, 3.8) is 0 Å². The highest BCUT2D eigenvalue weighted by Gasteiger charge is 2.44. The minimum Gasteiger partial charge on any atom is -0.456 e. The maximum absolute atomic E-state index is 12.9. The Labute approximate surface area is 178 Å². The van der Waals surface area contributed by atoms with Crippen LogP contribution in [0.3, 0.4) is 0 Å². The number of ether oxygens (including phenoxy) is 2. The van der Waals surface area contributed by atoms with Gasteiger partial charge in [-0.3, -0.25) is 14.7 Å². The first-order valence-electron chi connectivity index (χ1n) is 11.2. The van der Waals surface area contributed by atoms with Crippen LogP contribution in [0.15, 0.2) is 49.2 Å². The largest absolute Gasteiger partial charge is 0.456 e. The molecule has 0 aliphatic carbocycles. The fourth-order valence-corrected chi connectivity index (χ4v) is 5.59. The maximum atomic E-state index is 12.9. The maximum Gasteiger partial charge on any atom is 0.309 e. The van der Waals surface area contributed by atoms with Gasteiger partial charge in [-0.15, -0.1) is 6.58 Å². The number of carbonyl (C=O) groups excluding carboxylic acids is 1. The lowest BCUT2D eigenvalue weighted by Crippen LogP contribution is -2.55. The van der Waals surface area contributed by atoms with E-state index in [2.05, 4.69) is 28.6 Å². The minimum absolute atomic E-state index is 0.000550. The number of esters is 1. The normalized spacial score (nSPS) is 31.5. The highest BCUT2D eigenvalue weighted by Crippen LogP contribution is 2.43. The van der Waals surface area contributed by atoms with Gasteiger partial charge in [0, 0.05) is 30.3 Å². The number of rotatable bonds is 6. The summed E-state index contributed by atoms with van der Waals surface area (Å²) in [6.45, 7) is 6.85. The molecule has 0 N–H and O–H groups in total. The van der Waals surface area contributed by atoms with E-state index in [9.17, 15) is 4.79 Å². The second-order valence-electron chi connectivity index (χ2n) is 8.91. The number of nitrogens with zero attached hydrogens (tertiary/aromatic N) is 2. The number of piperidine rings is 3. The molecule has 4 fully saturated rings. The summed E-state index contributed by atoms with van der Waals surface area (Å²) < 4.78 is 11.9. The van der Waals surface area contributed by atoms with Gasteiger partial charge in [0.25, 0.3) is 0 Å². The van der Waals surface area contributed by atoms with Gasteiger partial charge in [0.15, 0.2) is 0 Å². The molecule has 1 unspecified atom stereocenters. The summed E-state index contributed by atoms with van der Waals surface area (Å²) >= 11 is 0. The van der Waals surface area contributed by atoms with Crippen molar-refractivity contribution in [1.82, 2.24) is 9.88 Å². The number of benzene rings is 1. The Hall–Kier alpha value is -2.24. The predicted molar refractivity (Wildman–Crippen MR) is 116 cm³/mol. The lowest BCUT2D eigenvalue weighted by atomic mass is 9.73. The number of para-hydroxylation sites is 1. The lowest BCUT2D eigenvalue weighted by Gasteiger charge is -2.51. The topological polar surface area (TPSA) is 51.7 Å². The third kappa shape index (κ3) is 3.77. The zero-order valence-electron chi connectivity index (χ0n) is 17.4. The Kier molecular flexibility index (Phi) is 5.57. The molecule has 5 nitrogen and oxygen atoms in total. The number of carbonyl (C=O) groups is 1. The third-order valence-electron chi connectivity index (χ3n) is 7.17. The second kappa shape index (κ2) is 8.48. The van der Waals surface area contributed by atoms with E-state index in [1.807, 2.05) is 30.5 Å². The van der Waals surface area contributed by atoms with E-state index in [0.29, 0.717) is 18.3 Å². The van der Waals surface area contributed by atoms with Crippen LogP contribution in [0.25, 0.3) is 10.9 Å². The Bertz CT molecular complexity index is 918. The van der Waals surface area contributed by atoms with Crippen LogP contribution < -0.4 is 0 Å². The number of pyridine rings is 1. The van der Waals surface area contributed by atoms with Crippen LogP contribution in [0.5, 0.6) is 0 Å². The SMILES string of the molecule is C=C[C@@H]1CN2CC[C@H]1C[C@@H]2[C@H](OC(=O)C[C@@H]1CCCO1)c1ccnc2ccccc12. The smallest absolute Gasteiger partial charge is 0.309 e. The number of aromatic nitrogens is 1. The van der Waals surface area contributed by atoms with Crippen LogP contribution in [-0.2, 0) is 14.3 Å². The van der Waals surface area contributed by atoms with E-state index < -0.39 is 0 Å². The van der Waals surface area contributed by atoms with Crippen molar-refractivity contribution >= 4 is 16.9 Å². The van der Waals surface area contributed by atoms with Crippen LogP contribution in [-0.4, -0.2) is 47.7 Å². The van der Waals surface area contributed by atoms with Gasteiger partial charge in [-0.05, 0) is 56.2 Å². The molecule has 6 rings (SSSR count). The summed E-state index contributed by atoms with van der Waals surface area (Å²) in [7, 11) is 0. The van der Waals surface area contributed by atoms with Crippen molar-refractivity contribution in [2.24, 2.45) is 11.8 Å². The lowest BCUT2D eigenvalue weighted by molar-refractivity contribution is -0.159. The van der Waals surface area contributed by atoms with Crippen molar-refractivity contribution in [3.8, 4) is 0 Å². The molecule has 4 saturated heterocycles. The van der Waals surface area contributed by atoms with Gasteiger partial charge in [-0.1, -0.05) is 24.3 Å². The Balaban J connectivity index is 1.46. The average Bonchev–Trinajstić information content (AvgIpc) is 3.30. The Morgan fingerprint density at radius 3 is 3.00 bits per heavy atom. The molecule has 4 aliphatic heterocycles. The molecule has 6 atom stereocenters. The molecule has 158 valence electrons. The molecule has 1 aromatic carbocycles. The van der Waals surface area contributed by atoms with E-state index in [4.69, 9.17) is 9.47 Å². The molecule has 0 saturated carbocycles. The summed E-state index contributed by atoms with van der Waals surface area (Å²) in [6, 6.07) is 10.4. The van der Waals surface area contributed by atoms with Crippen LogP contribution in [0.4, 0.5) is 0 Å². The van der Waals surface area contributed by atoms with Gasteiger partial charge in [-0.2, -0.15) is 0 Å². The third-order valence-corrected chi connectivity index (χ3v) is 7.17. The van der Waals surface area contributed by atoms with Crippen molar-refractivity contribution in [2.45, 2.75) is 50.4 Å². The number of hydrogen-bond donors (Lipinski definition) is 0. The molecule has 30 heavy (non-hydrogen) atoms. The first kappa shape index (κ1) is 19.7. The van der Waals surface area contributed by atoms with Crippen molar-refractivity contribution in [2.75, 3.05) is 19.7 Å². The number of fused-ring (bicyclic) bond motifs is 4. The van der Waals surface area contributed by atoms with Gasteiger partial charge in [0.05, 0.1) is 24.1 Å². The van der Waals surface area contributed by atoms with Crippen LogP contribution in [0.2, 0.25) is 0 Å². The molecule has 0 radical (unpaired) electrons. The molecular formula is C25H30N2O3. The molecule has 5 heteroatoms. The zero-order valence-corrected chi connectivity index (χ0v) is 17.4. The van der Waals surface area contributed by atoms with Crippen LogP contribution >= 0.6 is 0 Å². The highest BCUT2D eigenvalue weighted by atomic mass is 16.5. The summed E-state index contributed by atoms with van der Waals surface area (Å²) in [4.78, 5) is 20.0. The molecule has 2 aromatic rings. The first-order valence-corrected chi connectivity index (χ1v) is 11.2. The second-order valence-corrected chi connectivity index (χ2v) is 8.91. The molecule has 0 spiro atoms. The molecule has 2 bridgehead atoms. The van der Waals surface area contributed by atoms with Crippen molar-refractivity contribution in [1.29, 1.82) is 0 Å². The van der Waals surface area contributed by atoms with E-state index in [-0.39, 0.29) is 24.2 Å². The molecular weight excluding hydrogens is 376 g/mol. The zero-order chi connectivity index (χ0) is 20.5. The van der Waals surface area contributed by atoms with E-state index in [0.717, 1.165) is 55.4 Å². The van der Waals surface area contributed by atoms with E-state index in [1.165, 1.54) is 6.42 Å². The van der Waals surface area contributed by atoms with Crippen molar-refractivity contribution in [3.05, 3.63) is 54.7 Å². The molecule has 5 heterocycles. The van der Waals surface area contributed by atoms with Crippen LogP contribution in [0, 0.1) is 11.8 Å². The standard InChI is InChI=1S/C25H30N2O3/c1-2-17-16-27-12-10-18(17)14-23(27)25(30-24(28)15-19-6-5-13-29-19)21-9-11-26-22-8-4-3-7-20(21)22/h2-4,7-9,11,17-19,23,25H,1,5-6,10,12-16H2/t17-,18+,19+,23-,25-/m1/s1. The van der Waals surface area contributed by atoms with Gasteiger partial charge < -0.3 is 9.47 Å². The minimum atomic E-state index is -0.291. The van der Waals surface area contributed by atoms with E-state index in [1.54, 1.807) is 0 Å². The fraction of sp³-hybridized carbons (Fsp3) is 0.520. The fourth-order valence-electron chi connectivity index (χ4n) is 5.59. The first-order chi connectivity index (χ1) is 14.7. The quantitative estimate of drug-likeness (QED) is 0.529. The van der Waals surface area contributed by atoms with Gasteiger partial charge in [0.1, 0.15) is 6.10 Å². The van der Waals surface area contributed by atoms with E-state index >= 15 is 0 Å². The van der Waals surface area contributed by atoms with Gasteiger partial charge in [-0.25, -0.2) is 0 Å². The number of hydrogen-bond acceptors (Lipinski definition) is 5. The molecule has 0 amide bonds. The summed E-state index contributed by atoms with van der Waals surface area (Å²) in [5.41, 5.74) is 2.00. The van der Waals surface area contributed by atoms with Crippen molar-refractivity contribution < 1.29 is 14.3 Å². The Morgan fingerprint density at radius 2 is 2.23 bits per heavy atom. The van der Waals surface area contributed by atoms with Gasteiger partial charge in [0.2, 0.25) is 0 Å². The predicted octanol–water partition coefficient (Wildman–Crippen LogP) is 4.28. The molecule has 4 aliphatic rings. The monoisotopic (exact) mass is 406 g/mol. The Morgan fingerprint density at radius 1 is 1.33 bits per heavy atom. The van der Waals surface area contributed by atoms with Crippen LogP contribution in [0.1, 0.15) is 43.8 Å². The summed E-state index contributed by atoms with van der Waals surface area (Å²) in [6.07, 6.45) is 8.18. The van der Waals surface area contributed by atoms with Gasteiger partial charge >= 0.3 is 5.97 Å². The average molecular weight is 407 g/mol. The summed E-state index contributed by atoms with van der Waals surface area (Å²) in [5, 5.41) is 1.07.